The molecule has 0 spiro atoms. The second-order valence-electron chi connectivity index (χ2n) is 6.71. The molecule has 2 aromatic rings. The number of rotatable bonds is 5. The van der Waals surface area contributed by atoms with E-state index >= 15 is 0 Å². The summed E-state index contributed by atoms with van der Waals surface area (Å²) in [5.74, 6) is 0. The largest absolute Gasteiger partial charge is 0.416 e. The van der Waals surface area contributed by atoms with Gasteiger partial charge in [-0.25, -0.2) is 0 Å². The molecule has 148 valence electrons. The molecule has 0 atom stereocenters. The lowest BCUT2D eigenvalue weighted by Gasteiger charge is -2.33. The first kappa shape index (κ1) is 19.9. The average molecular weight is 392 g/mol. The molecule has 1 aliphatic heterocycles. The molecule has 1 heterocycles. The molecule has 0 bridgehead atoms. The summed E-state index contributed by atoms with van der Waals surface area (Å²) in [6.45, 7) is 3.47. The smallest absolute Gasteiger partial charge is 0.355 e. The highest BCUT2D eigenvalue weighted by Gasteiger charge is 2.34. The van der Waals surface area contributed by atoms with Gasteiger partial charge in [0.1, 0.15) is 5.69 Å². The molecule has 3 rings (SSSR count). The van der Waals surface area contributed by atoms with Gasteiger partial charge < -0.3 is 9.80 Å². The molecule has 0 aliphatic carbocycles. The third kappa shape index (κ3) is 4.89. The highest BCUT2D eigenvalue weighted by atomic mass is 19.4. The van der Waals surface area contributed by atoms with Gasteiger partial charge in [0, 0.05) is 6.07 Å². The highest BCUT2D eigenvalue weighted by Crippen LogP contribution is 2.36. The van der Waals surface area contributed by atoms with Crippen LogP contribution in [0.15, 0.2) is 54.6 Å². The molecule has 1 fully saturated rings. The van der Waals surface area contributed by atoms with Crippen LogP contribution in [0.2, 0.25) is 0 Å². The van der Waals surface area contributed by atoms with Crippen molar-refractivity contribution >= 4 is 17.5 Å². The van der Waals surface area contributed by atoms with Crippen LogP contribution in [0.5, 0.6) is 0 Å². The summed E-state index contributed by atoms with van der Waals surface area (Å²) in [5, 5.41) is 11.3. The van der Waals surface area contributed by atoms with E-state index in [4.69, 9.17) is 0 Å². The summed E-state index contributed by atoms with van der Waals surface area (Å²) in [7, 11) is 0. The molecule has 1 aliphatic rings. The first-order valence-electron chi connectivity index (χ1n) is 9.00. The van der Waals surface area contributed by atoms with Crippen LogP contribution in [-0.4, -0.2) is 37.6 Å². The molecule has 0 unspecified atom stereocenters. The van der Waals surface area contributed by atoms with Crippen molar-refractivity contribution in [2.45, 2.75) is 6.18 Å². The Morgan fingerprint density at radius 1 is 1.11 bits per heavy atom. The number of hydrogen-bond donors (Lipinski definition) is 1. The normalized spacial score (nSPS) is 15.9. The van der Waals surface area contributed by atoms with Gasteiger partial charge in [-0.05, 0) is 23.8 Å². The topological polar surface area (TPSA) is 50.8 Å². The maximum Gasteiger partial charge on any atom is 0.416 e. The Balaban J connectivity index is 1.63. The lowest BCUT2D eigenvalue weighted by Crippen LogP contribution is -3.14. The van der Waals surface area contributed by atoms with Crippen molar-refractivity contribution in [3.8, 4) is 0 Å². The molecule has 28 heavy (non-hydrogen) atoms. The highest BCUT2D eigenvalue weighted by molar-refractivity contribution is 5.64. The number of alkyl halides is 3. The van der Waals surface area contributed by atoms with Crippen molar-refractivity contribution in [2.75, 3.05) is 37.6 Å². The van der Waals surface area contributed by atoms with E-state index in [0.717, 1.165) is 31.3 Å². The zero-order valence-corrected chi connectivity index (χ0v) is 15.2. The van der Waals surface area contributed by atoms with Crippen molar-refractivity contribution in [3.05, 3.63) is 75.8 Å². The fourth-order valence-corrected chi connectivity index (χ4v) is 3.31. The molecule has 1 N–H and O–H groups in total. The minimum atomic E-state index is -4.60. The van der Waals surface area contributed by atoms with Gasteiger partial charge >= 0.3 is 6.18 Å². The Hall–Kier alpha value is -2.87. The Labute approximate surface area is 160 Å². The fourth-order valence-electron chi connectivity index (χ4n) is 3.31. The molecular formula is C20H21F3N3O2+. The number of nitro groups is 1. The van der Waals surface area contributed by atoms with Crippen molar-refractivity contribution in [1.29, 1.82) is 0 Å². The van der Waals surface area contributed by atoms with Crippen LogP contribution < -0.4 is 9.80 Å². The molecule has 5 nitrogen and oxygen atoms in total. The Morgan fingerprint density at radius 3 is 2.39 bits per heavy atom. The van der Waals surface area contributed by atoms with E-state index < -0.39 is 22.4 Å². The maximum absolute atomic E-state index is 12.9. The number of benzene rings is 2. The van der Waals surface area contributed by atoms with Crippen LogP contribution >= 0.6 is 0 Å². The Kier molecular flexibility index (Phi) is 5.99. The van der Waals surface area contributed by atoms with E-state index in [0.29, 0.717) is 19.2 Å². The number of hydrogen-bond acceptors (Lipinski definition) is 3. The number of piperazine rings is 1. The number of nitro benzene ring substituents is 1. The number of halogens is 3. The predicted molar refractivity (Wildman–Crippen MR) is 101 cm³/mol. The fraction of sp³-hybridized carbons (Fsp3) is 0.300. The van der Waals surface area contributed by atoms with Crippen LogP contribution in [0.1, 0.15) is 11.1 Å². The molecule has 8 heteroatoms. The molecule has 1 saturated heterocycles. The minimum Gasteiger partial charge on any atom is -0.355 e. The van der Waals surface area contributed by atoms with Crippen molar-refractivity contribution < 1.29 is 23.0 Å². The van der Waals surface area contributed by atoms with Crippen molar-refractivity contribution in [1.82, 2.24) is 0 Å². The number of nitrogens with one attached hydrogen (secondary N) is 1. The Bertz CT molecular complexity index is 846. The maximum atomic E-state index is 12.9. The van der Waals surface area contributed by atoms with Gasteiger partial charge in [-0.2, -0.15) is 13.2 Å². The summed E-state index contributed by atoms with van der Waals surface area (Å²) in [4.78, 5) is 13.7. The van der Waals surface area contributed by atoms with Crippen LogP contribution in [0.25, 0.3) is 6.08 Å². The van der Waals surface area contributed by atoms with Crippen LogP contribution in [0.3, 0.4) is 0 Å². The predicted octanol–water partition coefficient (Wildman–Crippen LogP) is 3.03. The van der Waals surface area contributed by atoms with Crippen molar-refractivity contribution in [3.63, 3.8) is 0 Å². The number of quaternary nitrogens is 1. The van der Waals surface area contributed by atoms with Gasteiger partial charge in [0.05, 0.1) is 43.2 Å². The first-order valence-corrected chi connectivity index (χ1v) is 9.00. The van der Waals surface area contributed by atoms with E-state index in [9.17, 15) is 23.3 Å². The molecular weight excluding hydrogens is 371 g/mol. The molecule has 0 amide bonds. The summed E-state index contributed by atoms with van der Waals surface area (Å²) >= 11 is 0. The standard InChI is InChI=1S/C20H20F3N3O2/c21-20(22,23)17-8-9-18(19(15-17)26(27)28)25-13-11-24(12-14-25)10-4-7-16-5-2-1-3-6-16/h1-9,15H,10-14H2/p+1/b7-4+. The summed E-state index contributed by atoms with van der Waals surface area (Å²) < 4.78 is 38.6. The molecule has 2 aromatic carbocycles. The Morgan fingerprint density at radius 2 is 1.79 bits per heavy atom. The zero-order chi connectivity index (χ0) is 20.1. The summed E-state index contributed by atoms with van der Waals surface area (Å²) in [6.07, 6.45) is -0.446. The van der Waals surface area contributed by atoms with Crippen LogP contribution in [0, 0.1) is 10.1 Å². The quantitative estimate of drug-likeness (QED) is 0.629. The van der Waals surface area contributed by atoms with E-state index in [-0.39, 0.29) is 5.69 Å². The first-order chi connectivity index (χ1) is 13.3. The van der Waals surface area contributed by atoms with Crippen molar-refractivity contribution in [2.24, 2.45) is 0 Å². The van der Waals surface area contributed by atoms with E-state index in [2.05, 4.69) is 12.2 Å². The van der Waals surface area contributed by atoms with Gasteiger partial charge in [0.15, 0.2) is 0 Å². The molecule has 0 aromatic heterocycles. The third-order valence-electron chi connectivity index (χ3n) is 4.83. The van der Waals surface area contributed by atoms with E-state index in [1.54, 1.807) is 4.90 Å². The number of nitrogens with zero attached hydrogens (tertiary/aromatic N) is 2. The summed E-state index contributed by atoms with van der Waals surface area (Å²) in [5.41, 5.74) is -0.127. The van der Waals surface area contributed by atoms with Gasteiger partial charge in [-0.15, -0.1) is 0 Å². The van der Waals surface area contributed by atoms with Crippen LogP contribution in [0.4, 0.5) is 24.5 Å². The lowest BCUT2D eigenvalue weighted by molar-refractivity contribution is -0.894. The second-order valence-corrected chi connectivity index (χ2v) is 6.71. The van der Waals surface area contributed by atoms with E-state index in [1.165, 1.54) is 11.0 Å². The zero-order valence-electron chi connectivity index (χ0n) is 15.2. The molecule has 0 radical (unpaired) electrons. The minimum absolute atomic E-state index is 0.247. The van der Waals surface area contributed by atoms with Gasteiger partial charge in [0.2, 0.25) is 0 Å². The third-order valence-corrected chi connectivity index (χ3v) is 4.83. The van der Waals surface area contributed by atoms with E-state index in [1.807, 2.05) is 30.3 Å². The van der Waals surface area contributed by atoms with Crippen LogP contribution in [-0.2, 0) is 6.18 Å². The monoisotopic (exact) mass is 392 g/mol. The number of anilines is 1. The lowest BCUT2D eigenvalue weighted by atomic mass is 10.1. The van der Waals surface area contributed by atoms with Gasteiger partial charge in [-0.3, -0.25) is 10.1 Å². The molecule has 0 saturated carbocycles. The second kappa shape index (κ2) is 8.43. The average Bonchev–Trinajstić information content (AvgIpc) is 2.68. The van der Waals surface area contributed by atoms with Gasteiger partial charge in [-0.1, -0.05) is 36.4 Å². The SMILES string of the molecule is O=[N+]([O-])c1cc(C(F)(F)F)ccc1N1CC[NH+](C/C=C/c2ccccc2)CC1. The van der Waals surface area contributed by atoms with Gasteiger partial charge in [0.25, 0.3) is 5.69 Å². The summed E-state index contributed by atoms with van der Waals surface area (Å²) in [6, 6.07) is 12.7.